The molecule has 1 aromatic rings. The van der Waals surface area contributed by atoms with Gasteiger partial charge in [-0.15, -0.1) is 0 Å². The lowest BCUT2D eigenvalue weighted by atomic mass is 9.89. The molecule has 0 fully saturated rings. The van der Waals surface area contributed by atoms with Crippen LogP contribution in [-0.2, 0) is 11.3 Å². The molecule has 0 bridgehead atoms. The Morgan fingerprint density at radius 3 is 2.78 bits per heavy atom. The highest BCUT2D eigenvalue weighted by Crippen LogP contribution is 2.30. The Labute approximate surface area is 194 Å². The number of nitrogens with two attached hydrogens (primary N) is 1. The quantitative estimate of drug-likeness (QED) is 0.668. The SMILES string of the molecule is CCCN(CCC)C(=O)C1=CC2C=CC(C3=NCc4ccc(Cl)cc4N3)=CC2N=C(N)C1. The second kappa shape index (κ2) is 9.74. The summed E-state index contributed by atoms with van der Waals surface area (Å²) in [6.45, 7) is 6.29. The van der Waals surface area contributed by atoms with Gasteiger partial charge in [0.1, 0.15) is 5.84 Å². The molecule has 2 heterocycles. The van der Waals surface area contributed by atoms with Crippen molar-refractivity contribution in [3.8, 4) is 0 Å². The van der Waals surface area contributed by atoms with E-state index in [-0.39, 0.29) is 17.9 Å². The fraction of sp³-hybridized carbons (Fsp3) is 0.400. The van der Waals surface area contributed by atoms with E-state index in [1.54, 1.807) is 0 Å². The van der Waals surface area contributed by atoms with Crippen molar-refractivity contribution in [3.63, 3.8) is 0 Å². The van der Waals surface area contributed by atoms with Gasteiger partial charge in [0.2, 0.25) is 5.91 Å². The van der Waals surface area contributed by atoms with Gasteiger partial charge in [0.05, 0.1) is 18.4 Å². The fourth-order valence-corrected chi connectivity index (χ4v) is 4.51. The summed E-state index contributed by atoms with van der Waals surface area (Å²) in [7, 11) is 0. The van der Waals surface area contributed by atoms with E-state index < -0.39 is 0 Å². The number of amidine groups is 2. The monoisotopic (exact) mass is 451 g/mol. The molecule has 0 saturated carbocycles. The maximum atomic E-state index is 13.2. The van der Waals surface area contributed by atoms with Crippen LogP contribution in [0.3, 0.4) is 0 Å². The third-order valence-electron chi connectivity index (χ3n) is 5.88. The van der Waals surface area contributed by atoms with E-state index in [9.17, 15) is 4.79 Å². The molecule has 0 radical (unpaired) electrons. The predicted octanol–water partition coefficient (Wildman–Crippen LogP) is 4.48. The number of nitrogens with zero attached hydrogens (tertiary/aromatic N) is 3. The molecule has 0 saturated heterocycles. The van der Waals surface area contributed by atoms with Crippen molar-refractivity contribution in [1.29, 1.82) is 0 Å². The van der Waals surface area contributed by atoms with Gasteiger partial charge in [-0.05, 0) is 36.6 Å². The van der Waals surface area contributed by atoms with Crippen LogP contribution in [0.1, 0.15) is 38.7 Å². The van der Waals surface area contributed by atoms with Crippen molar-refractivity contribution in [2.24, 2.45) is 21.6 Å². The van der Waals surface area contributed by atoms with Crippen molar-refractivity contribution >= 4 is 34.9 Å². The van der Waals surface area contributed by atoms with E-state index in [2.05, 4.69) is 31.3 Å². The van der Waals surface area contributed by atoms with Crippen LogP contribution < -0.4 is 11.1 Å². The van der Waals surface area contributed by atoms with Crippen LogP contribution in [0.4, 0.5) is 5.69 Å². The van der Waals surface area contributed by atoms with Gasteiger partial charge in [-0.1, -0.05) is 49.7 Å². The first-order valence-electron chi connectivity index (χ1n) is 11.3. The minimum atomic E-state index is -0.156. The number of carbonyl (C=O) groups is 1. The molecule has 3 aliphatic rings. The van der Waals surface area contributed by atoms with Crippen LogP contribution in [0.25, 0.3) is 0 Å². The summed E-state index contributed by atoms with van der Waals surface area (Å²) in [5.74, 6) is 1.36. The molecule has 2 atom stereocenters. The van der Waals surface area contributed by atoms with Crippen molar-refractivity contribution in [3.05, 3.63) is 64.2 Å². The largest absolute Gasteiger partial charge is 0.387 e. The van der Waals surface area contributed by atoms with Gasteiger partial charge < -0.3 is 16.0 Å². The first-order chi connectivity index (χ1) is 15.5. The van der Waals surface area contributed by atoms with Gasteiger partial charge in [0.15, 0.2) is 0 Å². The number of halogens is 1. The molecule has 6 nitrogen and oxygen atoms in total. The number of aliphatic imine (C=N–C) groups is 2. The highest BCUT2D eigenvalue weighted by molar-refractivity contribution is 6.31. The summed E-state index contributed by atoms with van der Waals surface area (Å²) >= 11 is 6.16. The minimum Gasteiger partial charge on any atom is -0.387 e. The summed E-state index contributed by atoms with van der Waals surface area (Å²) in [5, 5.41) is 4.08. The molecular weight excluding hydrogens is 422 g/mol. The minimum absolute atomic E-state index is 0.00484. The molecule has 0 spiro atoms. The third-order valence-corrected chi connectivity index (χ3v) is 6.11. The molecular formula is C25H30ClN5O. The average Bonchev–Trinajstić information content (AvgIpc) is 2.95. The standard InChI is InChI=1S/C25H30ClN5O/c1-3-9-31(10-4-2)25(32)19-11-16-5-6-17(12-21(16)29-23(27)13-19)24-28-15-18-7-8-20(26)14-22(18)30-24/h5-8,11-12,14,16,21H,3-4,9-10,13,15H2,1-2H3,(H2,27,29)(H,28,30). The number of benzene rings is 1. The summed E-state index contributed by atoms with van der Waals surface area (Å²) in [6.07, 6.45) is 10.5. The summed E-state index contributed by atoms with van der Waals surface area (Å²) < 4.78 is 0. The van der Waals surface area contributed by atoms with Crippen molar-refractivity contribution < 1.29 is 4.79 Å². The highest BCUT2D eigenvalue weighted by Gasteiger charge is 2.28. The number of anilines is 1. The zero-order valence-electron chi connectivity index (χ0n) is 18.6. The Morgan fingerprint density at radius 1 is 1.25 bits per heavy atom. The van der Waals surface area contributed by atoms with Gasteiger partial charge in [0, 0.05) is 47.3 Å². The van der Waals surface area contributed by atoms with Crippen molar-refractivity contribution in [1.82, 2.24) is 4.90 Å². The number of hydrogen-bond acceptors (Lipinski definition) is 5. The van der Waals surface area contributed by atoms with Gasteiger partial charge in [0.25, 0.3) is 0 Å². The van der Waals surface area contributed by atoms with Crippen molar-refractivity contribution in [2.75, 3.05) is 18.4 Å². The predicted molar refractivity (Wildman–Crippen MR) is 132 cm³/mol. The Balaban J connectivity index is 1.56. The second-order valence-corrected chi connectivity index (χ2v) is 8.86. The maximum absolute atomic E-state index is 13.2. The normalized spacial score (nSPS) is 21.7. The number of rotatable bonds is 6. The molecule has 7 heteroatoms. The van der Waals surface area contributed by atoms with Crippen LogP contribution in [0, 0.1) is 5.92 Å². The molecule has 1 amide bonds. The molecule has 0 aromatic heterocycles. The lowest BCUT2D eigenvalue weighted by molar-refractivity contribution is -0.127. The van der Waals surface area contributed by atoms with E-state index in [1.807, 2.05) is 35.3 Å². The van der Waals surface area contributed by atoms with Gasteiger partial charge in [-0.2, -0.15) is 0 Å². The van der Waals surface area contributed by atoms with Gasteiger partial charge in [-0.25, -0.2) is 0 Å². The van der Waals surface area contributed by atoms with Crippen LogP contribution in [0.15, 0.2) is 63.6 Å². The third kappa shape index (κ3) is 4.80. The Kier molecular flexibility index (Phi) is 6.80. The molecule has 1 aromatic carbocycles. The summed E-state index contributed by atoms with van der Waals surface area (Å²) in [5.41, 5.74) is 10.0. The highest BCUT2D eigenvalue weighted by atomic mass is 35.5. The number of hydrogen-bond donors (Lipinski definition) is 2. The van der Waals surface area contributed by atoms with E-state index in [0.717, 1.165) is 54.2 Å². The summed E-state index contributed by atoms with van der Waals surface area (Å²) in [4.78, 5) is 24.5. The Morgan fingerprint density at radius 2 is 2.03 bits per heavy atom. The zero-order valence-corrected chi connectivity index (χ0v) is 19.4. The maximum Gasteiger partial charge on any atom is 0.249 e. The molecule has 1 aliphatic carbocycles. The molecule has 32 heavy (non-hydrogen) atoms. The van der Waals surface area contributed by atoms with Gasteiger partial charge >= 0.3 is 0 Å². The van der Waals surface area contributed by atoms with Crippen LogP contribution in [-0.4, -0.2) is 41.6 Å². The number of amides is 1. The van der Waals surface area contributed by atoms with Crippen LogP contribution >= 0.6 is 11.6 Å². The Hall–Kier alpha value is -2.86. The van der Waals surface area contributed by atoms with Crippen LogP contribution in [0.5, 0.6) is 0 Å². The van der Waals surface area contributed by atoms with E-state index in [1.165, 1.54) is 0 Å². The number of fused-ring (bicyclic) bond motifs is 2. The molecule has 3 N–H and O–H groups in total. The first-order valence-corrected chi connectivity index (χ1v) is 11.7. The second-order valence-electron chi connectivity index (χ2n) is 8.42. The van der Waals surface area contributed by atoms with Crippen LogP contribution in [0.2, 0.25) is 5.02 Å². The van der Waals surface area contributed by atoms with Crippen molar-refractivity contribution in [2.45, 2.75) is 45.7 Å². The molecule has 4 rings (SSSR count). The topological polar surface area (TPSA) is 83.1 Å². The van der Waals surface area contributed by atoms with E-state index in [0.29, 0.717) is 23.8 Å². The smallest absolute Gasteiger partial charge is 0.249 e. The fourth-order valence-electron chi connectivity index (χ4n) is 4.34. The van der Waals surface area contributed by atoms with E-state index in [4.69, 9.17) is 27.3 Å². The Bertz CT molecular complexity index is 1050. The summed E-state index contributed by atoms with van der Waals surface area (Å²) in [6, 6.07) is 5.63. The number of carbonyl (C=O) groups excluding carboxylic acids is 1. The molecule has 2 aliphatic heterocycles. The zero-order chi connectivity index (χ0) is 22.7. The lowest BCUT2D eigenvalue weighted by Gasteiger charge is -2.25. The first kappa shape index (κ1) is 22.3. The molecule has 168 valence electrons. The van der Waals surface area contributed by atoms with Gasteiger partial charge in [-0.3, -0.25) is 14.8 Å². The average molecular weight is 452 g/mol. The molecule has 2 unspecified atom stereocenters. The number of nitrogens with one attached hydrogen (secondary N) is 1. The van der Waals surface area contributed by atoms with E-state index >= 15 is 0 Å². The lowest BCUT2D eigenvalue weighted by Crippen LogP contribution is -2.34.